The monoisotopic (exact) mass is 306 g/mol. The summed E-state index contributed by atoms with van der Waals surface area (Å²) in [5.74, 6) is -0.603. The fourth-order valence-electron chi connectivity index (χ4n) is 1.87. The molecule has 0 saturated heterocycles. The molecule has 0 aliphatic carbocycles. The van der Waals surface area contributed by atoms with Gasteiger partial charge in [0.05, 0.1) is 19.0 Å². The van der Waals surface area contributed by atoms with Crippen LogP contribution in [0.15, 0.2) is 30.3 Å². The van der Waals surface area contributed by atoms with Gasteiger partial charge in [-0.25, -0.2) is 4.98 Å². The van der Waals surface area contributed by atoms with E-state index in [9.17, 15) is 9.59 Å². The first-order chi connectivity index (χ1) is 10.0. The Labute approximate surface area is 127 Å². The van der Waals surface area contributed by atoms with Crippen LogP contribution in [0.3, 0.4) is 0 Å². The van der Waals surface area contributed by atoms with Crippen molar-refractivity contribution in [2.75, 3.05) is 20.7 Å². The van der Waals surface area contributed by atoms with E-state index < -0.39 is 0 Å². The summed E-state index contributed by atoms with van der Waals surface area (Å²) in [7, 11) is 2.94. The molecule has 1 heterocycles. The average molecular weight is 307 g/mol. The molecule has 0 bridgehead atoms. The van der Waals surface area contributed by atoms with Gasteiger partial charge in [-0.2, -0.15) is 0 Å². The summed E-state index contributed by atoms with van der Waals surface area (Å²) in [4.78, 5) is 29.1. The van der Waals surface area contributed by atoms with E-state index in [4.69, 9.17) is 11.6 Å². The highest BCUT2D eigenvalue weighted by molar-refractivity contribution is 6.31. The zero-order valence-corrected chi connectivity index (χ0v) is 12.6. The van der Waals surface area contributed by atoms with Gasteiger partial charge in [-0.05, 0) is 18.2 Å². The smallest absolute Gasteiger partial charge is 0.307 e. The van der Waals surface area contributed by atoms with Crippen LogP contribution in [-0.2, 0) is 9.53 Å². The zero-order valence-electron chi connectivity index (χ0n) is 11.8. The number of carbonyl (C=O) groups excluding carboxylic acids is 2. The first-order valence-electron chi connectivity index (χ1n) is 6.40. The van der Waals surface area contributed by atoms with Crippen LogP contribution in [0.25, 0.3) is 10.9 Å². The van der Waals surface area contributed by atoms with E-state index in [1.807, 2.05) is 12.1 Å². The second-order valence-corrected chi connectivity index (χ2v) is 5.02. The highest BCUT2D eigenvalue weighted by Crippen LogP contribution is 2.18. The van der Waals surface area contributed by atoms with E-state index in [1.165, 1.54) is 12.0 Å². The van der Waals surface area contributed by atoms with Crippen LogP contribution in [0.2, 0.25) is 5.02 Å². The summed E-state index contributed by atoms with van der Waals surface area (Å²) in [6.45, 7) is 0.279. The molecular weight excluding hydrogens is 292 g/mol. The first kappa shape index (κ1) is 15.3. The number of halogens is 1. The summed E-state index contributed by atoms with van der Waals surface area (Å²) in [5, 5.41) is 1.48. The molecule has 0 aliphatic heterocycles. The van der Waals surface area contributed by atoms with Crippen LogP contribution in [0.1, 0.15) is 16.9 Å². The number of pyridine rings is 1. The van der Waals surface area contributed by atoms with E-state index in [2.05, 4.69) is 9.72 Å². The number of ether oxygens (including phenoxy) is 1. The predicted octanol–water partition coefficient (Wildman–Crippen LogP) is 2.52. The second-order valence-electron chi connectivity index (χ2n) is 4.59. The van der Waals surface area contributed by atoms with E-state index >= 15 is 0 Å². The maximum atomic E-state index is 12.3. The van der Waals surface area contributed by atoms with E-state index in [-0.39, 0.29) is 24.8 Å². The number of amides is 1. The first-order valence-corrected chi connectivity index (χ1v) is 6.77. The number of hydrogen-bond acceptors (Lipinski definition) is 4. The van der Waals surface area contributed by atoms with Crippen molar-refractivity contribution >= 4 is 34.4 Å². The van der Waals surface area contributed by atoms with Crippen LogP contribution in [-0.4, -0.2) is 42.5 Å². The number of esters is 1. The van der Waals surface area contributed by atoms with Gasteiger partial charge in [-0.1, -0.05) is 23.7 Å². The molecule has 0 saturated carbocycles. The molecule has 0 radical (unpaired) electrons. The van der Waals surface area contributed by atoms with Crippen molar-refractivity contribution < 1.29 is 14.3 Å². The largest absolute Gasteiger partial charge is 0.469 e. The van der Waals surface area contributed by atoms with E-state index in [0.29, 0.717) is 16.2 Å². The Morgan fingerprint density at radius 3 is 2.71 bits per heavy atom. The lowest BCUT2D eigenvalue weighted by Gasteiger charge is -2.16. The minimum atomic E-state index is -0.354. The predicted molar refractivity (Wildman–Crippen MR) is 80.3 cm³/mol. The zero-order chi connectivity index (χ0) is 15.4. The summed E-state index contributed by atoms with van der Waals surface area (Å²) in [5.41, 5.74) is 0.979. The van der Waals surface area contributed by atoms with Crippen molar-refractivity contribution in [3.05, 3.63) is 41.0 Å². The van der Waals surface area contributed by atoms with Crippen LogP contribution >= 0.6 is 11.6 Å². The Hall–Kier alpha value is -2.14. The van der Waals surface area contributed by atoms with Crippen LogP contribution in [0, 0.1) is 0 Å². The molecule has 0 aliphatic rings. The third-order valence-electron chi connectivity index (χ3n) is 3.10. The topological polar surface area (TPSA) is 59.5 Å². The number of nitrogens with zero attached hydrogens (tertiary/aromatic N) is 2. The molecule has 0 unspecified atom stereocenters. The van der Waals surface area contributed by atoms with E-state index in [1.54, 1.807) is 25.2 Å². The molecule has 0 spiro atoms. The molecule has 21 heavy (non-hydrogen) atoms. The third kappa shape index (κ3) is 3.70. The lowest BCUT2D eigenvalue weighted by molar-refractivity contribution is -0.140. The molecular formula is C15H15ClN2O3. The fraction of sp³-hybridized carbons (Fsp3) is 0.267. The maximum absolute atomic E-state index is 12.3. The lowest BCUT2D eigenvalue weighted by atomic mass is 10.2. The molecule has 0 N–H and O–H groups in total. The molecule has 5 nitrogen and oxygen atoms in total. The highest BCUT2D eigenvalue weighted by atomic mass is 35.5. The Balaban J connectivity index is 2.16. The van der Waals surface area contributed by atoms with Gasteiger partial charge in [-0.3, -0.25) is 9.59 Å². The minimum Gasteiger partial charge on any atom is -0.469 e. The summed E-state index contributed by atoms with van der Waals surface area (Å²) >= 11 is 5.93. The van der Waals surface area contributed by atoms with Gasteiger partial charge in [0.15, 0.2) is 0 Å². The Morgan fingerprint density at radius 1 is 1.29 bits per heavy atom. The normalized spacial score (nSPS) is 10.4. The molecule has 0 fully saturated rings. The quantitative estimate of drug-likeness (QED) is 0.814. The van der Waals surface area contributed by atoms with Crippen molar-refractivity contribution in [2.45, 2.75) is 6.42 Å². The summed E-state index contributed by atoms with van der Waals surface area (Å²) in [6, 6.07) is 8.81. The number of hydrogen-bond donors (Lipinski definition) is 0. The molecule has 2 rings (SSSR count). The summed E-state index contributed by atoms with van der Waals surface area (Å²) < 4.78 is 4.55. The third-order valence-corrected chi connectivity index (χ3v) is 3.33. The number of carbonyl (C=O) groups is 2. The van der Waals surface area contributed by atoms with Crippen LogP contribution < -0.4 is 0 Å². The number of rotatable bonds is 4. The maximum Gasteiger partial charge on any atom is 0.307 e. The molecule has 6 heteroatoms. The standard InChI is InChI=1S/C15H15ClN2O3/c1-18(8-7-14(19)21-2)15(20)12-6-4-10-3-5-11(16)9-13(10)17-12/h3-6,9H,7-8H2,1-2H3. The Kier molecular flexibility index (Phi) is 4.75. The Bertz CT molecular complexity index is 688. The SMILES string of the molecule is COC(=O)CCN(C)C(=O)c1ccc2ccc(Cl)cc2n1. The number of methoxy groups -OCH3 is 1. The Morgan fingerprint density at radius 2 is 2.00 bits per heavy atom. The van der Waals surface area contributed by atoms with Crippen molar-refractivity contribution in [1.29, 1.82) is 0 Å². The van der Waals surface area contributed by atoms with Gasteiger partial charge >= 0.3 is 5.97 Å². The van der Waals surface area contributed by atoms with Crippen LogP contribution in [0.5, 0.6) is 0 Å². The number of aromatic nitrogens is 1. The van der Waals surface area contributed by atoms with Gasteiger partial charge in [0.2, 0.25) is 0 Å². The molecule has 0 atom stereocenters. The minimum absolute atomic E-state index is 0.151. The lowest BCUT2D eigenvalue weighted by Crippen LogP contribution is -2.29. The molecule has 2 aromatic rings. The van der Waals surface area contributed by atoms with Crippen molar-refractivity contribution in [3.8, 4) is 0 Å². The molecule has 1 aromatic heterocycles. The fourth-order valence-corrected chi connectivity index (χ4v) is 2.03. The van der Waals surface area contributed by atoms with Gasteiger partial charge in [0.25, 0.3) is 5.91 Å². The number of fused-ring (bicyclic) bond motifs is 1. The van der Waals surface area contributed by atoms with Crippen LogP contribution in [0.4, 0.5) is 0 Å². The van der Waals surface area contributed by atoms with Crippen molar-refractivity contribution in [1.82, 2.24) is 9.88 Å². The van der Waals surface area contributed by atoms with Gasteiger partial charge < -0.3 is 9.64 Å². The van der Waals surface area contributed by atoms with Gasteiger partial charge in [-0.15, -0.1) is 0 Å². The van der Waals surface area contributed by atoms with E-state index in [0.717, 1.165) is 5.39 Å². The summed E-state index contributed by atoms with van der Waals surface area (Å²) in [6.07, 6.45) is 0.151. The van der Waals surface area contributed by atoms with Crippen molar-refractivity contribution in [3.63, 3.8) is 0 Å². The van der Waals surface area contributed by atoms with Crippen molar-refractivity contribution in [2.24, 2.45) is 0 Å². The van der Waals surface area contributed by atoms with Gasteiger partial charge in [0, 0.05) is 24.0 Å². The molecule has 1 aromatic carbocycles. The average Bonchev–Trinajstić information content (AvgIpc) is 2.50. The van der Waals surface area contributed by atoms with Gasteiger partial charge in [0.1, 0.15) is 5.69 Å². The number of benzene rings is 1. The molecule has 110 valence electrons. The highest BCUT2D eigenvalue weighted by Gasteiger charge is 2.15. The second kappa shape index (κ2) is 6.54. The molecule has 1 amide bonds.